The van der Waals surface area contributed by atoms with E-state index in [4.69, 9.17) is 5.73 Å². The number of piperazine rings is 1. The van der Waals surface area contributed by atoms with Gasteiger partial charge >= 0.3 is 0 Å². The molecule has 1 aromatic heterocycles. The average Bonchev–Trinajstić information content (AvgIpc) is 3.22. The number of nitrogens with two attached hydrogens (primary N) is 1. The van der Waals surface area contributed by atoms with Crippen LogP contribution in [0.1, 0.15) is 19.3 Å². The third-order valence-electron chi connectivity index (χ3n) is 5.80. The Morgan fingerprint density at radius 2 is 2.09 bits per heavy atom. The Morgan fingerprint density at radius 3 is 2.70 bits per heavy atom. The average molecular weight is 317 g/mol. The summed E-state index contributed by atoms with van der Waals surface area (Å²) in [6, 6.07) is -0.0206. The van der Waals surface area contributed by atoms with Crippen molar-refractivity contribution in [3.05, 3.63) is 12.4 Å². The number of rotatable bonds is 2. The second-order valence-corrected chi connectivity index (χ2v) is 7.11. The Labute approximate surface area is 135 Å². The first-order valence-corrected chi connectivity index (χ1v) is 8.38. The third-order valence-corrected chi connectivity index (χ3v) is 5.80. The van der Waals surface area contributed by atoms with Gasteiger partial charge in [0.05, 0.1) is 17.8 Å². The molecule has 23 heavy (non-hydrogen) atoms. The first kappa shape index (κ1) is 14.7. The van der Waals surface area contributed by atoms with Gasteiger partial charge in [0, 0.05) is 32.4 Å². The van der Waals surface area contributed by atoms with Gasteiger partial charge in [-0.3, -0.25) is 14.3 Å². The molecule has 2 bridgehead atoms. The molecule has 2 aliphatic carbocycles. The number of aromatic nitrogens is 2. The monoisotopic (exact) mass is 317 g/mol. The van der Waals surface area contributed by atoms with Crippen molar-refractivity contribution >= 4 is 17.5 Å². The number of hydrogen-bond acceptors (Lipinski definition) is 4. The Hall–Kier alpha value is -1.89. The van der Waals surface area contributed by atoms with Crippen LogP contribution in [-0.2, 0) is 16.6 Å². The highest BCUT2D eigenvalue weighted by Gasteiger charge is 2.50. The van der Waals surface area contributed by atoms with Crippen molar-refractivity contribution in [2.45, 2.75) is 25.3 Å². The van der Waals surface area contributed by atoms with E-state index < -0.39 is 0 Å². The van der Waals surface area contributed by atoms with Crippen LogP contribution in [0.4, 0.5) is 5.69 Å². The molecular formula is C16H23N5O2. The van der Waals surface area contributed by atoms with Gasteiger partial charge in [0.25, 0.3) is 0 Å². The molecule has 2 heterocycles. The van der Waals surface area contributed by atoms with Crippen molar-refractivity contribution in [3.63, 3.8) is 0 Å². The zero-order valence-electron chi connectivity index (χ0n) is 13.4. The lowest BCUT2D eigenvalue weighted by Gasteiger charge is -2.37. The summed E-state index contributed by atoms with van der Waals surface area (Å²) in [5.41, 5.74) is 7.07. The van der Waals surface area contributed by atoms with Gasteiger partial charge in [0.1, 0.15) is 6.54 Å². The second kappa shape index (κ2) is 5.33. The number of fused-ring (bicyclic) bond motifs is 2. The lowest BCUT2D eigenvalue weighted by Crippen LogP contribution is -2.56. The Kier molecular flexibility index (Phi) is 3.41. The maximum Gasteiger partial charge on any atom is 0.246 e. The van der Waals surface area contributed by atoms with Gasteiger partial charge in [0.2, 0.25) is 11.8 Å². The normalized spacial score (nSPS) is 33.6. The zero-order valence-corrected chi connectivity index (χ0v) is 13.4. The zero-order chi connectivity index (χ0) is 16.1. The molecule has 3 fully saturated rings. The summed E-state index contributed by atoms with van der Waals surface area (Å²) in [7, 11) is 1.82. The summed E-state index contributed by atoms with van der Waals surface area (Å²) in [6.07, 6.45) is 6.85. The predicted molar refractivity (Wildman–Crippen MR) is 84.4 cm³/mol. The maximum absolute atomic E-state index is 12.9. The Bertz CT molecular complexity index is 640. The van der Waals surface area contributed by atoms with Crippen molar-refractivity contribution in [2.75, 3.05) is 24.5 Å². The number of nitrogens with zero attached hydrogens (tertiary/aromatic N) is 4. The molecule has 0 spiro atoms. The van der Waals surface area contributed by atoms with Crippen molar-refractivity contribution < 1.29 is 9.59 Å². The van der Waals surface area contributed by atoms with Crippen LogP contribution in [0.25, 0.3) is 0 Å². The lowest BCUT2D eigenvalue weighted by molar-refractivity contribution is -0.142. The van der Waals surface area contributed by atoms with Crippen LogP contribution in [0.5, 0.6) is 0 Å². The fourth-order valence-electron chi connectivity index (χ4n) is 4.60. The summed E-state index contributed by atoms with van der Waals surface area (Å²) < 4.78 is 1.68. The van der Waals surface area contributed by atoms with Crippen LogP contribution in [0.15, 0.2) is 12.4 Å². The molecule has 4 unspecified atom stereocenters. The molecule has 1 aromatic rings. The largest absolute Gasteiger partial charge is 0.331 e. The van der Waals surface area contributed by atoms with Gasteiger partial charge in [-0.25, -0.2) is 0 Å². The van der Waals surface area contributed by atoms with E-state index in [1.54, 1.807) is 20.7 Å². The molecule has 0 radical (unpaired) electrons. The number of anilines is 1. The van der Waals surface area contributed by atoms with E-state index >= 15 is 0 Å². The number of carbonyl (C=O) groups excluding carboxylic acids is 2. The minimum Gasteiger partial charge on any atom is -0.331 e. The number of amides is 2. The first-order valence-electron chi connectivity index (χ1n) is 8.38. The van der Waals surface area contributed by atoms with Crippen LogP contribution in [0.2, 0.25) is 0 Å². The topological polar surface area (TPSA) is 84.5 Å². The molecule has 1 saturated heterocycles. The van der Waals surface area contributed by atoms with E-state index in [0.29, 0.717) is 24.9 Å². The molecule has 2 saturated carbocycles. The van der Waals surface area contributed by atoms with Gasteiger partial charge in [-0.1, -0.05) is 0 Å². The molecule has 7 nitrogen and oxygen atoms in total. The molecular weight excluding hydrogens is 294 g/mol. The summed E-state index contributed by atoms with van der Waals surface area (Å²) in [5, 5.41) is 4.10. The quantitative estimate of drug-likeness (QED) is 0.830. The van der Waals surface area contributed by atoms with Gasteiger partial charge < -0.3 is 15.5 Å². The van der Waals surface area contributed by atoms with Crippen molar-refractivity contribution in [1.82, 2.24) is 14.7 Å². The van der Waals surface area contributed by atoms with Crippen LogP contribution < -0.4 is 10.6 Å². The molecule has 4 atom stereocenters. The Balaban J connectivity index is 1.44. The number of hydrogen-bond donors (Lipinski definition) is 1. The van der Waals surface area contributed by atoms with Crippen LogP contribution in [0, 0.1) is 17.8 Å². The summed E-state index contributed by atoms with van der Waals surface area (Å²) in [4.78, 5) is 28.7. The summed E-state index contributed by atoms with van der Waals surface area (Å²) in [5.74, 6) is 0.889. The van der Waals surface area contributed by atoms with E-state index in [1.165, 1.54) is 0 Å². The van der Waals surface area contributed by atoms with Gasteiger partial charge in [-0.05, 0) is 31.1 Å². The summed E-state index contributed by atoms with van der Waals surface area (Å²) >= 11 is 0. The van der Waals surface area contributed by atoms with E-state index in [9.17, 15) is 9.59 Å². The molecule has 124 valence electrons. The fourth-order valence-corrected chi connectivity index (χ4v) is 4.60. The molecule has 7 heteroatoms. The van der Waals surface area contributed by atoms with E-state index in [2.05, 4.69) is 5.10 Å². The fraction of sp³-hybridized carbons (Fsp3) is 0.688. The molecule has 2 amide bonds. The maximum atomic E-state index is 12.9. The van der Waals surface area contributed by atoms with Crippen molar-refractivity contribution in [1.29, 1.82) is 0 Å². The van der Waals surface area contributed by atoms with Gasteiger partial charge in [-0.15, -0.1) is 0 Å². The summed E-state index contributed by atoms with van der Waals surface area (Å²) in [6.45, 7) is 1.24. The highest BCUT2D eigenvalue weighted by Crippen LogP contribution is 2.48. The highest BCUT2D eigenvalue weighted by molar-refractivity contribution is 5.98. The molecule has 2 N–H and O–H groups in total. The van der Waals surface area contributed by atoms with E-state index in [-0.39, 0.29) is 30.3 Å². The predicted octanol–water partition coefficient (Wildman–Crippen LogP) is -0.0313. The van der Waals surface area contributed by atoms with Crippen molar-refractivity contribution in [3.8, 4) is 0 Å². The van der Waals surface area contributed by atoms with Gasteiger partial charge in [-0.2, -0.15) is 5.10 Å². The van der Waals surface area contributed by atoms with E-state index in [1.807, 2.05) is 13.2 Å². The Morgan fingerprint density at radius 1 is 1.30 bits per heavy atom. The SMILES string of the molecule is Cn1cc(N2CCN(C(=O)C3C4CCC(C4)C3N)CC2=O)cn1. The molecule has 1 aliphatic heterocycles. The minimum absolute atomic E-state index is 0.0206. The number of aryl methyl sites for hydroxylation is 1. The molecule has 0 aromatic carbocycles. The second-order valence-electron chi connectivity index (χ2n) is 7.11. The molecule has 4 rings (SSSR count). The lowest BCUT2D eigenvalue weighted by atomic mass is 9.84. The number of carbonyl (C=O) groups is 2. The van der Waals surface area contributed by atoms with Crippen LogP contribution in [-0.4, -0.2) is 52.2 Å². The van der Waals surface area contributed by atoms with Crippen LogP contribution >= 0.6 is 0 Å². The third kappa shape index (κ3) is 2.34. The minimum atomic E-state index is -0.0773. The van der Waals surface area contributed by atoms with Crippen LogP contribution in [0.3, 0.4) is 0 Å². The highest BCUT2D eigenvalue weighted by atomic mass is 16.2. The van der Waals surface area contributed by atoms with E-state index in [0.717, 1.165) is 24.9 Å². The first-order chi connectivity index (χ1) is 11.0. The van der Waals surface area contributed by atoms with Crippen molar-refractivity contribution in [2.24, 2.45) is 30.5 Å². The standard InChI is InChI=1S/C16H23N5O2/c1-19-8-12(7-18-19)21-5-4-20(9-13(21)22)16(23)14-10-2-3-11(6-10)15(14)17/h7-8,10-11,14-15H,2-6,9,17H2,1H3. The smallest absolute Gasteiger partial charge is 0.246 e. The molecule has 3 aliphatic rings. The van der Waals surface area contributed by atoms with Gasteiger partial charge in [0.15, 0.2) is 0 Å².